The number of H-pyrrole nitrogens is 1. The van der Waals surface area contributed by atoms with Gasteiger partial charge in [-0.1, -0.05) is 45.0 Å². The van der Waals surface area contributed by atoms with Crippen molar-refractivity contribution in [3.05, 3.63) is 78.0 Å². The molecule has 0 atom stereocenters. The number of anilines is 1. The van der Waals surface area contributed by atoms with Gasteiger partial charge in [-0.05, 0) is 59.0 Å². The number of primary amides is 1. The van der Waals surface area contributed by atoms with Crippen LogP contribution in [0.1, 0.15) is 36.8 Å². The molecule has 3 aromatic carbocycles. The van der Waals surface area contributed by atoms with Crippen molar-refractivity contribution in [3.63, 3.8) is 0 Å². The van der Waals surface area contributed by atoms with E-state index in [9.17, 15) is 18.0 Å². The van der Waals surface area contributed by atoms with Crippen LogP contribution in [0.5, 0.6) is 5.75 Å². The summed E-state index contributed by atoms with van der Waals surface area (Å²) in [5.74, 6) is -1.01. The third kappa shape index (κ3) is 5.65. The van der Waals surface area contributed by atoms with Gasteiger partial charge in [0.2, 0.25) is 0 Å². The molecule has 4 N–H and O–H groups in total. The number of sulfonamides is 1. The van der Waals surface area contributed by atoms with Crippen LogP contribution >= 0.6 is 0 Å². The molecule has 0 aliphatic heterocycles. The molecule has 38 heavy (non-hydrogen) atoms. The van der Waals surface area contributed by atoms with Gasteiger partial charge in [-0.15, -0.1) is 0 Å². The molecule has 198 valence electrons. The maximum atomic E-state index is 13.1. The van der Waals surface area contributed by atoms with E-state index in [1.165, 1.54) is 7.11 Å². The molecular weight excluding hydrogens is 506 g/mol. The third-order valence-electron chi connectivity index (χ3n) is 5.99. The van der Waals surface area contributed by atoms with Crippen molar-refractivity contribution < 1.29 is 27.5 Å². The second kappa shape index (κ2) is 10.2. The van der Waals surface area contributed by atoms with Gasteiger partial charge in [0.05, 0.1) is 12.0 Å². The standard InChI is InChI=1S/C28H29N3O6S/c1-28(2,3)18-8-11-21(12-9-18)38(34,35)31-19-10-13-23-22(15-19)25(17-6-5-7-20(14-17)36-4)26(30-23)27(33)37-16-24(29)32/h5-15,30-31H,16H2,1-4H3,(H2,29,32). The summed E-state index contributed by atoms with van der Waals surface area (Å²) < 4.78 is 39.3. The van der Waals surface area contributed by atoms with E-state index in [2.05, 4.69) is 30.5 Å². The number of amides is 1. The van der Waals surface area contributed by atoms with Crippen molar-refractivity contribution in [2.24, 2.45) is 5.73 Å². The number of hydrogen-bond donors (Lipinski definition) is 3. The Bertz CT molecular complexity index is 1620. The maximum Gasteiger partial charge on any atom is 0.355 e. The van der Waals surface area contributed by atoms with E-state index in [1.807, 2.05) is 0 Å². The highest BCUT2D eigenvalue weighted by molar-refractivity contribution is 7.92. The molecule has 4 aromatic rings. The number of aromatic nitrogens is 1. The van der Waals surface area contributed by atoms with Gasteiger partial charge in [-0.3, -0.25) is 9.52 Å². The van der Waals surface area contributed by atoms with Crippen molar-refractivity contribution in [1.29, 1.82) is 0 Å². The van der Waals surface area contributed by atoms with Crippen LogP contribution < -0.4 is 15.2 Å². The lowest BCUT2D eigenvalue weighted by molar-refractivity contribution is -0.121. The monoisotopic (exact) mass is 535 g/mol. The van der Waals surface area contributed by atoms with E-state index in [-0.39, 0.29) is 16.0 Å². The lowest BCUT2D eigenvalue weighted by atomic mass is 9.87. The van der Waals surface area contributed by atoms with Gasteiger partial charge in [0.25, 0.3) is 15.9 Å². The molecule has 0 fully saturated rings. The Hall–Kier alpha value is -4.31. The molecule has 0 saturated heterocycles. The Balaban J connectivity index is 1.77. The Morgan fingerprint density at radius 2 is 1.71 bits per heavy atom. The largest absolute Gasteiger partial charge is 0.497 e. The normalized spacial score (nSPS) is 11.8. The number of nitrogens with one attached hydrogen (secondary N) is 2. The lowest BCUT2D eigenvalue weighted by Gasteiger charge is -2.19. The molecule has 4 rings (SSSR count). The molecule has 1 heterocycles. The minimum Gasteiger partial charge on any atom is -0.497 e. The van der Waals surface area contributed by atoms with Crippen LogP contribution in [0.15, 0.2) is 71.6 Å². The van der Waals surface area contributed by atoms with Gasteiger partial charge < -0.3 is 20.2 Å². The summed E-state index contributed by atoms with van der Waals surface area (Å²) in [6.45, 7) is 5.58. The highest BCUT2D eigenvalue weighted by atomic mass is 32.2. The van der Waals surface area contributed by atoms with Gasteiger partial charge in [0.15, 0.2) is 6.61 Å². The molecule has 9 nitrogen and oxygen atoms in total. The average molecular weight is 536 g/mol. The molecule has 0 radical (unpaired) electrons. The van der Waals surface area contributed by atoms with E-state index >= 15 is 0 Å². The number of nitrogens with two attached hydrogens (primary N) is 1. The lowest BCUT2D eigenvalue weighted by Crippen LogP contribution is -2.21. The molecule has 0 saturated carbocycles. The molecule has 1 aromatic heterocycles. The number of benzene rings is 3. The summed E-state index contributed by atoms with van der Waals surface area (Å²) in [6.07, 6.45) is 0. The SMILES string of the molecule is COc1cccc(-c2c(C(=O)OCC(N)=O)[nH]c3ccc(NS(=O)(=O)c4ccc(C(C)(C)C)cc4)cc23)c1. The fourth-order valence-electron chi connectivity index (χ4n) is 4.04. The fraction of sp³-hybridized carbons (Fsp3) is 0.214. The minimum atomic E-state index is -3.88. The van der Waals surface area contributed by atoms with Crippen molar-refractivity contribution >= 4 is 38.5 Å². The predicted molar refractivity (Wildman–Crippen MR) is 146 cm³/mol. The highest BCUT2D eigenvalue weighted by Crippen LogP contribution is 2.36. The summed E-state index contributed by atoms with van der Waals surface area (Å²) in [7, 11) is -2.36. The van der Waals surface area contributed by atoms with E-state index in [1.54, 1.807) is 66.7 Å². The summed E-state index contributed by atoms with van der Waals surface area (Å²) in [5, 5.41) is 0.563. The van der Waals surface area contributed by atoms with Gasteiger partial charge in [0, 0.05) is 22.2 Å². The highest BCUT2D eigenvalue weighted by Gasteiger charge is 2.23. The summed E-state index contributed by atoms with van der Waals surface area (Å²) in [6, 6.07) is 18.7. The van der Waals surface area contributed by atoms with Crippen LogP contribution in [0.2, 0.25) is 0 Å². The van der Waals surface area contributed by atoms with Crippen molar-refractivity contribution in [2.45, 2.75) is 31.1 Å². The van der Waals surface area contributed by atoms with Gasteiger partial charge in [-0.2, -0.15) is 0 Å². The first-order valence-corrected chi connectivity index (χ1v) is 13.3. The van der Waals surface area contributed by atoms with E-state index in [4.69, 9.17) is 15.2 Å². The van der Waals surface area contributed by atoms with E-state index in [0.717, 1.165) is 5.56 Å². The number of aromatic amines is 1. The zero-order valence-corrected chi connectivity index (χ0v) is 22.3. The number of esters is 1. The minimum absolute atomic E-state index is 0.0901. The second-order valence-corrected chi connectivity index (χ2v) is 11.5. The van der Waals surface area contributed by atoms with Crippen LogP contribution in [0, 0.1) is 0 Å². The van der Waals surface area contributed by atoms with E-state index < -0.39 is 28.5 Å². The number of ether oxygens (including phenoxy) is 2. The van der Waals surface area contributed by atoms with Crippen LogP contribution in [-0.4, -0.2) is 39.0 Å². The van der Waals surface area contributed by atoms with Gasteiger partial charge in [-0.25, -0.2) is 13.2 Å². The Morgan fingerprint density at radius 3 is 2.34 bits per heavy atom. The van der Waals surface area contributed by atoms with Crippen molar-refractivity contribution in [3.8, 4) is 16.9 Å². The van der Waals surface area contributed by atoms with Crippen LogP contribution in [0.3, 0.4) is 0 Å². The first-order chi connectivity index (χ1) is 17.9. The molecule has 0 aliphatic rings. The molecular formula is C28H29N3O6S. The van der Waals surface area contributed by atoms with Crippen LogP contribution in [-0.2, 0) is 25.0 Å². The molecule has 10 heteroatoms. The average Bonchev–Trinajstić information content (AvgIpc) is 3.25. The summed E-state index contributed by atoms with van der Waals surface area (Å²) in [5.41, 5.74) is 8.08. The van der Waals surface area contributed by atoms with Crippen molar-refractivity contribution in [2.75, 3.05) is 18.4 Å². The quantitative estimate of drug-likeness (QED) is 0.282. The van der Waals surface area contributed by atoms with E-state index in [0.29, 0.717) is 33.5 Å². The zero-order valence-electron chi connectivity index (χ0n) is 21.5. The smallest absolute Gasteiger partial charge is 0.355 e. The van der Waals surface area contributed by atoms with Crippen LogP contribution in [0.25, 0.3) is 22.0 Å². The number of hydrogen-bond acceptors (Lipinski definition) is 6. The second-order valence-electron chi connectivity index (χ2n) is 9.79. The molecule has 0 unspecified atom stereocenters. The topological polar surface area (TPSA) is 141 Å². The first kappa shape index (κ1) is 26.7. The molecule has 0 aliphatic carbocycles. The number of rotatable bonds is 8. The summed E-state index contributed by atoms with van der Waals surface area (Å²) in [4.78, 5) is 27.2. The number of fused-ring (bicyclic) bond motifs is 1. The maximum absolute atomic E-state index is 13.1. The Kier molecular flexibility index (Phi) is 7.19. The molecule has 0 spiro atoms. The number of carbonyl (C=O) groups excluding carboxylic acids is 2. The summed E-state index contributed by atoms with van der Waals surface area (Å²) >= 11 is 0. The number of methoxy groups -OCH3 is 1. The number of carbonyl (C=O) groups is 2. The third-order valence-corrected chi connectivity index (χ3v) is 7.39. The van der Waals surface area contributed by atoms with Crippen molar-refractivity contribution in [1.82, 2.24) is 4.98 Å². The Morgan fingerprint density at radius 1 is 1.00 bits per heavy atom. The molecule has 1 amide bonds. The predicted octanol–water partition coefficient (Wildman–Crippen LogP) is 4.58. The Labute approximate surface area is 221 Å². The molecule has 0 bridgehead atoms. The fourth-order valence-corrected chi connectivity index (χ4v) is 5.09. The van der Waals surface area contributed by atoms with Gasteiger partial charge in [0.1, 0.15) is 11.4 Å². The zero-order chi connectivity index (χ0) is 27.7. The van der Waals surface area contributed by atoms with Crippen LogP contribution in [0.4, 0.5) is 5.69 Å². The first-order valence-electron chi connectivity index (χ1n) is 11.8. The van der Waals surface area contributed by atoms with Gasteiger partial charge >= 0.3 is 5.97 Å².